The van der Waals surface area contributed by atoms with Gasteiger partial charge in [-0.1, -0.05) is 12.1 Å². The molecule has 5 heteroatoms. The van der Waals surface area contributed by atoms with Crippen LogP contribution in [0.15, 0.2) is 36.8 Å². The Kier molecular flexibility index (Phi) is 3.25. The number of rotatable bonds is 2. The van der Waals surface area contributed by atoms with Crippen molar-refractivity contribution < 1.29 is 0 Å². The molecule has 3 rings (SSSR count). The van der Waals surface area contributed by atoms with Gasteiger partial charge in [-0.3, -0.25) is 0 Å². The molecule has 1 aromatic heterocycles. The Morgan fingerprint density at radius 1 is 1.21 bits per heavy atom. The van der Waals surface area contributed by atoms with Crippen molar-refractivity contribution in [3.63, 3.8) is 0 Å². The van der Waals surface area contributed by atoms with Crippen LogP contribution < -0.4 is 9.80 Å². The van der Waals surface area contributed by atoms with E-state index in [0.717, 1.165) is 24.5 Å². The summed E-state index contributed by atoms with van der Waals surface area (Å²) in [5, 5.41) is 0. The molecule has 1 aliphatic heterocycles. The molecule has 0 saturated heterocycles. The maximum absolute atomic E-state index is 5.99. The zero-order chi connectivity index (χ0) is 13.2. The summed E-state index contributed by atoms with van der Waals surface area (Å²) >= 11 is 5.99. The van der Waals surface area contributed by atoms with Gasteiger partial charge in [0.2, 0.25) is 0 Å². The van der Waals surface area contributed by atoms with E-state index in [9.17, 15) is 0 Å². The highest BCUT2D eigenvalue weighted by Gasteiger charge is 2.23. The third-order valence-electron chi connectivity index (χ3n) is 3.41. The smallest absolute Gasteiger partial charge is 0.140 e. The normalized spacial score (nSPS) is 14.4. The van der Waals surface area contributed by atoms with Gasteiger partial charge in [0.1, 0.15) is 12.1 Å². The predicted molar refractivity (Wildman–Crippen MR) is 78.3 cm³/mol. The minimum atomic E-state index is 0.421. The van der Waals surface area contributed by atoms with Gasteiger partial charge in [-0.15, -0.1) is 11.6 Å². The Morgan fingerprint density at radius 3 is 2.79 bits per heavy atom. The maximum atomic E-state index is 5.99. The van der Waals surface area contributed by atoms with Crippen LogP contribution >= 0.6 is 11.6 Å². The van der Waals surface area contributed by atoms with Gasteiger partial charge in [-0.2, -0.15) is 0 Å². The number of hydrogen-bond acceptors (Lipinski definition) is 4. The molecule has 2 heterocycles. The molecule has 0 saturated carbocycles. The fourth-order valence-electron chi connectivity index (χ4n) is 2.42. The van der Waals surface area contributed by atoms with Gasteiger partial charge < -0.3 is 9.80 Å². The van der Waals surface area contributed by atoms with Gasteiger partial charge >= 0.3 is 0 Å². The summed E-state index contributed by atoms with van der Waals surface area (Å²) in [6.07, 6.45) is 3.36. The van der Waals surface area contributed by atoms with E-state index in [2.05, 4.69) is 45.0 Å². The summed E-state index contributed by atoms with van der Waals surface area (Å²) in [7, 11) is 2.11. The molecule has 0 atom stereocenters. The average Bonchev–Trinajstić information content (AvgIpc) is 2.48. The quantitative estimate of drug-likeness (QED) is 0.789. The zero-order valence-corrected chi connectivity index (χ0v) is 11.5. The van der Waals surface area contributed by atoms with Gasteiger partial charge in [-0.05, 0) is 12.1 Å². The highest BCUT2D eigenvalue weighted by atomic mass is 35.5. The highest BCUT2D eigenvalue weighted by molar-refractivity contribution is 6.17. The SMILES string of the molecule is CN1CCN(c2ncncc2CCl)c2ccccc21. The first-order valence-electron chi connectivity index (χ1n) is 6.24. The molecule has 0 fully saturated rings. The van der Waals surface area contributed by atoms with Gasteiger partial charge in [0.25, 0.3) is 0 Å². The first-order chi connectivity index (χ1) is 9.31. The Morgan fingerprint density at radius 2 is 2.00 bits per heavy atom. The number of alkyl halides is 1. The van der Waals surface area contributed by atoms with Crippen molar-refractivity contribution in [3.8, 4) is 0 Å². The predicted octanol–water partition coefficient (Wildman–Crippen LogP) is 2.80. The van der Waals surface area contributed by atoms with E-state index in [-0.39, 0.29) is 0 Å². The molecule has 1 aromatic carbocycles. The van der Waals surface area contributed by atoms with Crippen molar-refractivity contribution in [2.75, 3.05) is 29.9 Å². The Hall–Kier alpha value is -1.81. The van der Waals surface area contributed by atoms with Crippen LogP contribution in [0.4, 0.5) is 17.2 Å². The number of hydrogen-bond donors (Lipinski definition) is 0. The van der Waals surface area contributed by atoms with Crippen LogP contribution in [0, 0.1) is 0 Å². The van der Waals surface area contributed by atoms with Crippen LogP contribution in [0.2, 0.25) is 0 Å². The minimum absolute atomic E-state index is 0.421. The van der Waals surface area contributed by atoms with Crippen molar-refractivity contribution in [2.45, 2.75) is 5.88 Å². The molecule has 0 bridgehead atoms. The molecule has 2 aromatic rings. The number of nitrogens with zero attached hydrogens (tertiary/aromatic N) is 4. The van der Waals surface area contributed by atoms with Crippen molar-refractivity contribution in [2.24, 2.45) is 0 Å². The van der Waals surface area contributed by atoms with Crippen LogP contribution in [0.25, 0.3) is 0 Å². The maximum Gasteiger partial charge on any atom is 0.140 e. The molecule has 1 aliphatic rings. The standard InChI is InChI=1S/C14H15ClN4/c1-18-6-7-19(13-5-3-2-4-12(13)18)14-11(8-15)9-16-10-17-14/h2-5,9-10H,6-8H2,1H3. The van der Waals surface area contributed by atoms with Crippen molar-refractivity contribution >= 4 is 28.8 Å². The second-order valence-electron chi connectivity index (χ2n) is 4.57. The third kappa shape index (κ3) is 2.12. The first-order valence-corrected chi connectivity index (χ1v) is 6.77. The summed E-state index contributed by atoms with van der Waals surface area (Å²) in [5.74, 6) is 1.33. The summed E-state index contributed by atoms with van der Waals surface area (Å²) in [6, 6.07) is 8.35. The second kappa shape index (κ2) is 5.05. The number of likely N-dealkylation sites (N-methyl/N-ethyl adjacent to an activating group) is 1. The van der Waals surface area contributed by atoms with Crippen LogP contribution in [-0.4, -0.2) is 30.1 Å². The number of fused-ring (bicyclic) bond motifs is 1. The third-order valence-corrected chi connectivity index (χ3v) is 3.69. The van der Waals surface area contributed by atoms with Crippen LogP contribution in [0.5, 0.6) is 0 Å². The molecule has 0 aliphatic carbocycles. The number of halogens is 1. The van der Waals surface area contributed by atoms with E-state index >= 15 is 0 Å². The van der Waals surface area contributed by atoms with Crippen LogP contribution in [0.1, 0.15) is 5.56 Å². The molecule has 4 nitrogen and oxygen atoms in total. The van der Waals surface area contributed by atoms with Gasteiger partial charge in [0.15, 0.2) is 0 Å². The van der Waals surface area contributed by atoms with E-state index in [1.807, 2.05) is 6.07 Å². The molecule has 0 N–H and O–H groups in total. The van der Waals surface area contributed by atoms with Gasteiger partial charge in [-0.25, -0.2) is 9.97 Å². The van der Waals surface area contributed by atoms with E-state index in [1.54, 1.807) is 12.5 Å². The Balaban J connectivity index is 2.10. The lowest BCUT2D eigenvalue weighted by Gasteiger charge is -2.36. The molecule has 98 valence electrons. The lowest BCUT2D eigenvalue weighted by Crippen LogP contribution is -2.37. The number of benzene rings is 1. The molecule has 0 radical (unpaired) electrons. The summed E-state index contributed by atoms with van der Waals surface area (Å²) in [5.41, 5.74) is 3.35. The van der Waals surface area contributed by atoms with Crippen molar-refractivity contribution in [1.29, 1.82) is 0 Å². The second-order valence-corrected chi connectivity index (χ2v) is 4.83. The largest absolute Gasteiger partial charge is 0.371 e. The molecular weight excluding hydrogens is 260 g/mol. The average molecular weight is 275 g/mol. The molecule has 0 amide bonds. The fourth-order valence-corrected chi connectivity index (χ4v) is 2.60. The summed E-state index contributed by atoms with van der Waals surface area (Å²) in [4.78, 5) is 12.9. The number of aromatic nitrogens is 2. The van der Waals surface area contributed by atoms with Gasteiger partial charge in [0, 0.05) is 31.9 Å². The first kappa shape index (κ1) is 12.2. The van der Waals surface area contributed by atoms with Crippen molar-refractivity contribution in [3.05, 3.63) is 42.4 Å². The fraction of sp³-hybridized carbons (Fsp3) is 0.286. The topological polar surface area (TPSA) is 32.3 Å². The zero-order valence-electron chi connectivity index (χ0n) is 10.8. The molecule has 19 heavy (non-hydrogen) atoms. The molecular formula is C14H15ClN4. The Bertz CT molecular complexity index is 587. The van der Waals surface area contributed by atoms with E-state index < -0.39 is 0 Å². The molecule has 0 spiro atoms. The van der Waals surface area contributed by atoms with Crippen LogP contribution in [-0.2, 0) is 5.88 Å². The van der Waals surface area contributed by atoms with E-state index in [1.165, 1.54) is 11.4 Å². The number of para-hydroxylation sites is 2. The van der Waals surface area contributed by atoms with Crippen LogP contribution in [0.3, 0.4) is 0 Å². The lowest BCUT2D eigenvalue weighted by atomic mass is 10.1. The van der Waals surface area contributed by atoms with E-state index in [0.29, 0.717) is 5.88 Å². The Labute approximate surface area is 117 Å². The monoisotopic (exact) mass is 274 g/mol. The van der Waals surface area contributed by atoms with Crippen molar-refractivity contribution in [1.82, 2.24) is 9.97 Å². The minimum Gasteiger partial charge on any atom is -0.371 e. The number of anilines is 3. The van der Waals surface area contributed by atoms with Gasteiger partial charge in [0.05, 0.1) is 17.3 Å². The molecule has 0 unspecified atom stereocenters. The van der Waals surface area contributed by atoms with E-state index in [4.69, 9.17) is 11.6 Å². The highest BCUT2D eigenvalue weighted by Crippen LogP contribution is 2.37. The summed E-state index contributed by atoms with van der Waals surface area (Å²) < 4.78 is 0. The lowest BCUT2D eigenvalue weighted by molar-refractivity contribution is 0.808. The summed E-state index contributed by atoms with van der Waals surface area (Å²) in [6.45, 7) is 1.86.